The van der Waals surface area contributed by atoms with Crippen LogP contribution >= 0.6 is 0 Å². The van der Waals surface area contributed by atoms with Gasteiger partial charge in [-0.1, -0.05) is 30.3 Å². The third-order valence-corrected chi connectivity index (χ3v) is 1.41. The van der Waals surface area contributed by atoms with Gasteiger partial charge in [0.15, 0.2) is 0 Å². The fraction of sp³-hybridized carbons (Fsp3) is 0. The average molecular weight is 154 g/mol. The predicted octanol–water partition coefficient (Wildman–Crippen LogP) is 2.12. The van der Waals surface area contributed by atoms with E-state index in [0.717, 1.165) is 5.56 Å². The molecule has 1 aromatic rings. The summed E-state index contributed by atoms with van der Waals surface area (Å²) < 4.78 is 0. The summed E-state index contributed by atoms with van der Waals surface area (Å²) in [5, 5.41) is 17.0. The van der Waals surface area contributed by atoms with E-state index < -0.39 is 0 Å². The summed E-state index contributed by atoms with van der Waals surface area (Å²) in [7, 11) is 0. The van der Waals surface area contributed by atoms with Crippen LogP contribution in [-0.4, -0.2) is 0 Å². The highest BCUT2D eigenvalue weighted by molar-refractivity contribution is 5.78. The first-order chi connectivity index (χ1) is 5.88. The molecule has 12 heavy (non-hydrogen) atoms. The second-order valence-electron chi connectivity index (χ2n) is 2.16. The highest BCUT2D eigenvalue weighted by atomic mass is 14.3. The third-order valence-electron chi connectivity index (χ3n) is 1.41. The maximum absolute atomic E-state index is 8.64. The van der Waals surface area contributed by atoms with E-state index in [4.69, 9.17) is 10.5 Å². The summed E-state index contributed by atoms with van der Waals surface area (Å²) >= 11 is 0. The minimum absolute atomic E-state index is 0.401. The Bertz CT molecular complexity index is 363. The monoisotopic (exact) mass is 154 g/mol. The van der Waals surface area contributed by atoms with Crippen molar-refractivity contribution in [1.82, 2.24) is 0 Å². The van der Waals surface area contributed by atoms with Crippen LogP contribution in [0.2, 0.25) is 0 Å². The van der Waals surface area contributed by atoms with Gasteiger partial charge < -0.3 is 0 Å². The molecule has 0 bridgehead atoms. The molecule has 0 aliphatic heterocycles. The van der Waals surface area contributed by atoms with Crippen molar-refractivity contribution in [2.45, 2.75) is 0 Å². The zero-order valence-electron chi connectivity index (χ0n) is 6.36. The molecule has 2 nitrogen and oxygen atoms in total. The van der Waals surface area contributed by atoms with Crippen LogP contribution in [-0.2, 0) is 0 Å². The molecule has 0 aliphatic carbocycles. The maximum atomic E-state index is 8.64. The van der Waals surface area contributed by atoms with Gasteiger partial charge in [-0.3, -0.25) is 0 Å². The SMILES string of the molecule is N#CC=C(C#N)c1ccccc1. The van der Waals surface area contributed by atoms with Gasteiger partial charge in [-0.05, 0) is 5.56 Å². The van der Waals surface area contributed by atoms with Crippen LogP contribution in [0, 0.1) is 22.7 Å². The van der Waals surface area contributed by atoms with E-state index in [0.29, 0.717) is 5.57 Å². The van der Waals surface area contributed by atoms with Crippen molar-refractivity contribution in [2.75, 3.05) is 0 Å². The standard InChI is InChI=1S/C10H6N2/c11-7-6-10(8-12)9-4-2-1-3-5-9/h1-6H. The van der Waals surface area contributed by atoms with Crippen molar-refractivity contribution in [1.29, 1.82) is 10.5 Å². The zero-order chi connectivity index (χ0) is 8.81. The lowest BCUT2D eigenvalue weighted by Crippen LogP contribution is -1.78. The van der Waals surface area contributed by atoms with E-state index in [9.17, 15) is 0 Å². The lowest BCUT2D eigenvalue weighted by atomic mass is 10.1. The van der Waals surface area contributed by atoms with Gasteiger partial charge in [0, 0.05) is 6.08 Å². The van der Waals surface area contributed by atoms with Gasteiger partial charge in [0.1, 0.15) is 6.07 Å². The molecule has 56 valence electrons. The van der Waals surface area contributed by atoms with Gasteiger partial charge in [-0.2, -0.15) is 10.5 Å². The van der Waals surface area contributed by atoms with Gasteiger partial charge in [0.05, 0.1) is 11.6 Å². The predicted molar refractivity (Wildman–Crippen MR) is 45.6 cm³/mol. The van der Waals surface area contributed by atoms with Gasteiger partial charge >= 0.3 is 0 Å². The van der Waals surface area contributed by atoms with E-state index in [1.54, 1.807) is 12.1 Å². The molecule has 0 unspecified atom stereocenters. The fourth-order valence-electron chi connectivity index (χ4n) is 0.862. The first-order valence-electron chi connectivity index (χ1n) is 3.44. The molecular weight excluding hydrogens is 148 g/mol. The Labute approximate surface area is 71.0 Å². The molecule has 2 heteroatoms. The summed E-state index contributed by atoms with van der Waals surface area (Å²) in [5.74, 6) is 0. The van der Waals surface area contributed by atoms with E-state index >= 15 is 0 Å². The number of nitriles is 2. The molecule has 0 N–H and O–H groups in total. The summed E-state index contributed by atoms with van der Waals surface area (Å²) in [6, 6.07) is 12.9. The quantitative estimate of drug-likeness (QED) is 0.581. The maximum Gasteiger partial charge on any atom is 0.101 e. The number of nitrogens with zero attached hydrogens (tertiary/aromatic N) is 2. The normalized spacial score (nSPS) is 10.0. The van der Waals surface area contributed by atoms with Crippen LogP contribution in [0.15, 0.2) is 36.4 Å². The van der Waals surface area contributed by atoms with Crippen LogP contribution in [0.5, 0.6) is 0 Å². The molecule has 1 aromatic carbocycles. The molecule has 0 heterocycles. The van der Waals surface area contributed by atoms with Gasteiger partial charge in [0.25, 0.3) is 0 Å². The van der Waals surface area contributed by atoms with Crippen LogP contribution < -0.4 is 0 Å². The van der Waals surface area contributed by atoms with Crippen molar-refractivity contribution >= 4 is 5.57 Å². The second kappa shape index (κ2) is 3.95. The molecule has 0 fully saturated rings. The smallest absolute Gasteiger partial charge is 0.101 e. The lowest BCUT2D eigenvalue weighted by molar-refractivity contribution is 1.51. The number of allylic oxidation sites excluding steroid dienone is 2. The molecule has 0 aromatic heterocycles. The third kappa shape index (κ3) is 1.71. The molecule has 0 saturated carbocycles. The van der Waals surface area contributed by atoms with E-state index in [2.05, 4.69) is 0 Å². The van der Waals surface area contributed by atoms with Crippen molar-refractivity contribution in [3.8, 4) is 12.1 Å². The van der Waals surface area contributed by atoms with Crippen LogP contribution in [0.1, 0.15) is 5.56 Å². The molecule has 1 rings (SSSR count). The van der Waals surface area contributed by atoms with Crippen LogP contribution in [0.25, 0.3) is 5.57 Å². The zero-order valence-corrected chi connectivity index (χ0v) is 6.36. The molecule has 0 aliphatic rings. The molecule has 0 radical (unpaired) electrons. The Kier molecular flexibility index (Phi) is 2.65. The number of hydrogen-bond acceptors (Lipinski definition) is 2. The molecule has 0 saturated heterocycles. The van der Waals surface area contributed by atoms with Gasteiger partial charge in [-0.25, -0.2) is 0 Å². The minimum Gasteiger partial charge on any atom is -0.193 e. The van der Waals surface area contributed by atoms with Crippen molar-refractivity contribution in [3.05, 3.63) is 42.0 Å². The largest absolute Gasteiger partial charge is 0.193 e. The van der Waals surface area contributed by atoms with Gasteiger partial charge in [-0.15, -0.1) is 0 Å². The number of rotatable bonds is 1. The second-order valence-corrected chi connectivity index (χ2v) is 2.16. The molecule has 0 amide bonds. The lowest BCUT2D eigenvalue weighted by Gasteiger charge is -1.93. The summed E-state index contributed by atoms with van der Waals surface area (Å²) in [6.45, 7) is 0. The first-order valence-corrected chi connectivity index (χ1v) is 3.44. The highest BCUT2D eigenvalue weighted by Crippen LogP contribution is 2.11. The van der Waals surface area contributed by atoms with E-state index in [-0.39, 0.29) is 0 Å². The molecule has 0 spiro atoms. The summed E-state index contributed by atoms with van der Waals surface area (Å²) in [5.41, 5.74) is 1.18. The Morgan fingerprint density at radius 2 is 1.83 bits per heavy atom. The first kappa shape index (κ1) is 8.04. The minimum atomic E-state index is 0.401. The highest BCUT2D eigenvalue weighted by Gasteiger charge is 1.96. The summed E-state index contributed by atoms with van der Waals surface area (Å²) in [6.07, 6.45) is 1.25. The Hall–Kier alpha value is -2.06. The Balaban J connectivity index is 3.09. The summed E-state index contributed by atoms with van der Waals surface area (Å²) in [4.78, 5) is 0. The Morgan fingerprint density at radius 1 is 1.17 bits per heavy atom. The van der Waals surface area contributed by atoms with Crippen molar-refractivity contribution in [2.24, 2.45) is 0 Å². The van der Waals surface area contributed by atoms with Gasteiger partial charge in [0.2, 0.25) is 0 Å². The van der Waals surface area contributed by atoms with E-state index in [1.807, 2.05) is 30.3 Å². The van der Waals surface area contributed by atoms with E-state index in [1.165, 1.54) is 6.08 Å². The Morgan fingerprint density at radius 3 is 2.33 bits per heavy atom. The topological polar surface area (TPSA) is 47.6 Å². The van der Waals surface area contributed by atoms with Crippen molar-refractivity contribution in [3.63, 3.8) is 0 Å². The molecular formula is C10H6N2. The number of hydrogen-bond donors (Lipinski definition) is 0. The number of benzene rings is 1. The van der Waals surface area contributed by atoms with Crippen LogP contribution in [0.3, 0.4) is 0 Å². The average Bonchev–Trinajstić information content (AvgIpc) is 2.15. The molecule has 0 atom stereocenters. The van der Waals surface area contributed by atoms with Crippen molar-refractivity contribution < 1.29 is 0 Å². The fourth-order valence-corrected chi connectivity index (χ4v) is 0.862. The van der Waals surface area contributed by atoms with Crippen LogP contribution in [0.4, 0.5) is 0 Å².